The smallest absolute Gasteiger partial charge is 0.417 e. The molecule has 0 fully saturated rings. The Hall–Kier alpha value is -0.160. The predicted octanol–water partition coefficient (Wildman–Crippen LogP) is 1.39. The van der Waals surface area contributed by atoms with E-state index >= 15 is 0 Å². The van der Waals surface area contributed by atoms with E-state index in [1.54, 1.807) is 0 Å². The minimum absolute atomic E-state index is 0.528. The topological polar surface area (TPSA) is 40.5 Å². The van der Waals surface area contributed by atoms with Gasteiger partial charge in [0.2, 0.25) is 0 Å². The summed E-state index contributed by atoms with van der Waals surface area (Å²) >= 11 is 4.97. The molecule has 0 aliphatic carbocycles. The molecule has 0 aliphatic heterocycles. The first-order valence-electron chi connectivity index (χ1n) is 3.44. The summed E-state index contributed by atoms with van der Waals surface area (Å²) in [6, 6.07) is 0. The molecule has 0 bridgehead atoms. The molecule has 1 N–H and O–H groups in total. The highest BCUT2D eigenvalue weighted by molar-refractivity contribution is 8.27. The largest absolute Gasteiger partial charge is 0.464 e. The second-order valence-corrected chi connectivity index (χ2v) is 4.91. The third kappa shape index (κ3) is 4.31. The Bertz CT molecular complexity index is 161. The molecule has 0 aromatic carbocycles. The van der Waals surface area contributed by atoms with Crippen molar-refractivity contribution in [1.29, 1.82) is 0 Å². The van der Waals surface area contributed by atoms with Gasteiger partial charge in [0, 0.05) is 12.8 Å². The first-order valence-corrected chi connectivity index (χ1v) is 5.72. The molecule has 0 saturated carbocycles. The molecule has 0 aromatic heterocycles. The van der Waals surface area contributed by atoms with Crippen molar-refractivity contribution in [2.24, 2.45) is 0 Å². The molecule has 0 aromatic rings. The normalized spacial score (nSPS) is 12.5. The van der Waals surface area contributed by atoms with Crippen LogP contribution in [0.2, 0.25) is 0 Å². The molecule has 1 amide bonds. The SMILES string of the molecule is CCCCS(=S)N(C)C(=O)O. The van der Waals surface area contributed by atoms with E-state index in [2.05, 4.69) is 6.92 Å². The highest BCUT2D eigenvalue weighted by Gasteiger charge is 2.08. The van der Waals surface area contributed by atoms with E-state index < -0.39 is 15.7 Å². The van der Waals surface area contributed by atoms with Gasteiger partial charge in [0.1, 0.15) is 0 Å². The molecule has 0 aliphatic rings. The lowest BCUT2D eigenvalue weighted by Crippen LogP contribution is -2.27. The van der Waals surface area contributed by atoms with Crippen LogP contribution in [0.1, 0.15) is 19.8 Å². The summed E-state index contributed by atoms with van der Waals surface area (Å²) in [6.07, 6.45) is 1.14. The van der Waals surface area contributed by atoms with Gasteiger partial charge in [0.25, 0.3) is 0 Å². The monoisotopic (exact) mass is 195 g/mol. The Labute approximate surface area is 74.1 Å². The Morgan fingerprint density at radius 1 is 1.73 bits per heavy atom. The van der Waals surface area contributed by atoms with Gasteiger partial charge in [-0.05, 0) is 27.2 Å². The molecule has 0 radical (unpaired) electrons. The zero-order valence-electron chi connectivity index (χ0n) is 6.74. The summed E-state index contributed by atoms with van der Waals surface area (Å²) in [7, 11) is 0.994. The Morgan fingerprint density at radius 2 is 2.27 bits per heavy atom. The van der Waals surface area contributed by atoms with Gasteiger partial charge in [0.05, 0.1) is 0 Å². The molecule has 0 rings (SSSR count). The van der Waals surface area contributed by atoms with Crippen LogP contribution in [0.5, 0.6) is 0 Å². The number of hydrogen-bond donors (Lipinski definition) is 1. The van der Waals surface area contributed by atoms with E-state index in [-0.39, 0.29) is 0 Å². The molecule has 1 unspecified atom stereocenters. The minimum atomic E-state index is -0.931. The standard InChI is InChI=1S/C6H13NO2S2/c1-3-4-5-11(10)7(2)6(8)9/h3-5H2,1-2H3,(H,8,9). The number of nitrogens with zero attached hydrogens (tertiary/aromatic N) is 1. The number of unbranched alkanes of at least 4 members (excludes halogenated alkanes) is 1. The number of carboxylic acid groups (broad SMARTS) is 1. The van der Waals surface area contributed by atoms with Crippen LogP contribution in [0.4, 0.5) is 4.79 Å². The van der Waals surface area contributed by atoms with Crippen molar-refractivity contribution in [3.05, 3.63) is 0 Å². The quantitative estimate of drug-likeness (QED) is 0.737. The summed E-state index contributed by atoms with van der Waals surface area (Å²) in [6.45, 7) is 2.06. The van der Waals surface area contributed by atoms with Crippen molar-refractivity contribution in [2.45, 2.75) is 19.8 Å². The molecular formula is C6H13NO2S2. The fourth-order valence-electron chi connectivity index (χ4n) is 0.492. The van der Waals surface area contributed by atoms with E-state index in [1.807, 2.05) is 0 Å². The van der Waals surface area contributed by atoms with Crippen LogP contribution in [-0.2, 0) is 20.8 Å². The van der Waals surface area contributed by atoms with E-state index in [0.717, 1.165) is 18.6 Å². The van der Waals surface area contributed by atoms with E-state index in [4.69, 9.17) is 16.3 Å². The summed E-state index contributed by atoms with van der Waals surface area (Å²) in [5.41, 5.74) is 0. The fraction of sp³-hybridized carbons (Fsp3) is 0.833. The lowest BCUT2D eigenvalue weighted by atomic mass is 10.4. The van der Waals surface area contributed by atoms with Crippen molar-refractivity contribution >= 4 is 26.9 Å². The van der Waals surface area contributed by atoms with Gasteiger partial charge < -0.3 is 5.11 Å². The maximum Gasteiger partial charge on any atom is 0.417 e. The van der Waals surface area contributed by atoms with Gasteiger partial charge in [-0.25, -0.2) is 4.79 Å². The molecule has 5 heteroatoms. The zero-order chi connectivity index (χ0) is 8.85. The van der Waals surface area contributed by atoms with E-state index in [9.17, 15) is 4.79 Å². The van der Waals surface area contributed by atoms with E-state index in [1.165, 1.54) is 11.4 Å². The van der Waals surface area contributed by atoms with Crippen LogP contribution in [0.25, 0.3) is 0 Å². The molecule has 1 atom stereocenters. The second-order valence-electron chi connectivity index (χ2n) is 2.16. The van der Waals surface area contributed by atoms with Gasteiger partial charge in [0.15, 0.2) is 0 Å². The number of hydrogen-bond acceptors (Lipinski definition) is 2. The molecule has 0 spiro atoms. The lowest BCUT2D eigenvalue weighted by molar-refractivity contribution is 0.180. The maximum atomic E-state index is 10.4. The van der Waals surface area contributed by atoms with Crippen LogP contribution in [0, 0.1) is 0 Å². The highest BCUT2D eigenvalue weighted by Crippen LogP contribution is 1.97. The lowest BCUT2D eigenvalue weighted by Gasteiger charge is -2.14. The van der Waals surface area contributed by atoms with Gasteiger partial charge in [-0.3, -0.25) is 4.31 Å². The molecule has 66 valence electrons. The van der Waals surface area contributed by atoms with Gasteiger partial charge >= 0.3 is 6.09 Å². The van der Waals surface area contributed by atoms with Crippen LogP contribution in [0.3, 0.4) is 0 Å². The third-order valence-corrected chi connectivity index (χ3v) is 3.82. The maximum absolute atomic E-state index is 10.4. The average molecular weight is 195 g/mol. The Kier molecular flexibility index (Phi) is 5.41. The Balaban J connectivity index is 3.74. The number of amides is 1. The number of carbonyl (C=O) groups is 1. The van der Waals surface area contributed by atoms with Crippen LogP contribution >= 0.6 is 0 Å². The first kappa shape index (κ1) is 10.8. The van der Waals surface area contributed by atoms with E-state index in [0.29, 0.717) is 0 Å². The predicted molar refractivity (Wildman–Crippen MR) is 50.3 cm³/mol. The summed E-state index contributed by atoms with van der Waals surface area (Å²) in [5, 5.41) is 8.52. The van der Waals surface area contributed by atoms with Gasteiger partial charge in [-0.15, -0.1) is 0 Å². The van der Waals surface area contributed by atoms with Crippen LogP contribution in [0.15, 0.2) is 0 Å². The Morgan fingerprint density at radius 3 is 2.64 bits per heavy atom. The molecular weight excluding hydrogens is 182 g/mol. The van der Waals surface area contributed by atoms with Gasteiger partial charge in [-0.2, -0.15) is 0 Å². The molecule has 0 saturated heterocycles. The first-order chi connectivity index (χ1) is 5.09. The third-order valence-electron chi connectivity index (χ3n) is 1.25. The van der Waals surface area contributed by atoms with Crippen molar-refractivity contribution in [2.75, 3.05) is 12.8 Å². The highest BCUT2D eigenvalue weighted by atomic mass is 32.8. The molecule has 3 nitrogen and oxygen atoms in total. The summed E-state index contributed by atoms with van der Waals surface area (Å²) in [5.74, 6) is 0.800. The fourth-order valence-corrected chi connectivity index (χ4v) is 2.02. The van der Waals surface area contributed by atoms with Gasteiger partial charge in [-0.1, -0.05) is 13.3 Å². The van der Waals surface area contributed by atoms with Crippen molar-refractivity contribution in [3.8, 4) is 0 Å². The number of rotatable bonds is 4. The van der Waals surface area contributed by atoms with Crippen molar-refractivity contribution < 1.29 is 9.90 Å². The van der Waals surface area contributed by atoms with Crippen LogP contribution in [-0.4, -0.2) is 28.3 Å². The summed E-state index contributed by atoms with van der Waals surface area (Å²) < 4.78 is 1.20. The zero-order valence-corrected chi connectivity index (χ0v) is 8.37. The van der Waals surface area contributed by atoms with Crippen LogP contribution < -0.4 is 0 Å². The second kappa shape index (κ2) is 5.49. The molecule has 0 heterocycles. The average Bonchev–Trinajstić information content (AvgIpc) is 1.98. The molecule has 11 heavy (non-hydrogen) atoms. The van der Waals surface area contributed by atoms with Crippen molar-refractivity contribution in [3.63, 3.8) is 0 Å². The van der Waals surface area contributed by atoms with Crippen molar-refractivity contribution in [1.82, 2.24) is 4.31 Å². The summed E-state index contributed by atoms with van der Waals surface area (Å²) in [4.78, 5) is 10.4. The minimum Gasteiger partial charge on any atom is -0.464 e.